The number of aromatic nitrogens is 2. The fourth-order valence-electron chi connectivity index (χ4n) is 4.24. The Kier molecular flexibility index (Phi) is 8.14. The van der Waals surface area contributed by atoms with E-state index in [1.165, 1.54) is 24.4 Å². The van der Waals surface area contributed by atoms with Gasteiger partial charge in [-0.3, -0.25) is 19.1 Å². The largest absolute Gasteiger partial charge is 0.437 e. The van der Waals surface area contributed by atoms with Crippen LogP contribution < -0.4 is 15.4 Å². The van der Waals surface area contributed by atoms with Gasteiger partial charge < -0.3 is 15.4 Å². The first-order chi connectivity index (χ1) is 17.7. The number of aryl methyl sites for hydroxylation is 1. The van der Waals surface area contributed by atoms with Crippen LogP contribution in [-0.2, 0) is 21.5 Å². The maximum Gasteiger partial charge on any atom is 0.298 e. The average molecular weight is 525 g/mol. The van der Waals surface area contributed by atoms with Crippen molar-refractivity contribution in [2.45, 2.75) is 50.1 Å². The minimum atomic E-state index is -4.55. The predicted molar refractivity (Wildman–Crippen MR) is 135 cm³/mol. The van der Waals surface area contributed by atoms with E-state index < -0.39 is 20.9 Å². The molecule has 1 aromatic carbocycles. The Balaban J connectivity index is 1.36. The van der Waals surface area contributed by atoms with E-state index in [2.05, 4.69) is 20.6 Å². The minimum absolute atomic E-state index is 0.0221. The summed E-state index contributed by atoms with van der Waals surface area (Å²) in [6.45, 7) is 2.05. The molecule has 0 spiro atoms. The molecule has 0 unspecified atom stereocenters. The number of rotatable bonds is 8. The molecule has 10 nitrogen and oxygen atoms in total. The van der Waals surface area contributed by atoms with E-state index in [0.29, 0.717) is 37.8 Å². The highest BCUT2D eigenvalue weighted by Gasteiger charge is 2.28. The lowest BCUT2D eigenvalue weighted by Crippen LogP contribution is -2.41. The Labute approximate surface area is 215 Å². The van der Waals surface area contributed by atoms with Gasteiger partial charge in [-0.2, -0.15) is 8.42 Å². The predicted octanol–water partition coefficient (Wildman–Crippen LogP) is 3.43. The van der Waals surface area contributed by atoms with Crippen LogP contribution in [0, 0.1) is 12.8 Å². The number of benzene rings is 1. The standard InChI is InChI=1S/C26H28N4O6S/c1-17-7-12-22(23(15-17)37(33,34)35)36-26-21(6-4-14-28-26)25(32)30-19-10-8-18(9-11-19)24(31)29-16-20-5-2-3-13-27-20/h2-7,12-15,18-19H,8-11,16H2,1H3,(H,29,31)(H,30,32)(H,33,34,35)/t18-,19+. The SMILES string of the molecule is Cc1ccc(Oc2ncccc2C(=O)N[C@H]2CC[C@@H](C(=O)NCc3ccccn3)CC2)c(S(=O)(=O)O)c1. The second kappa shape index (κ2) is 11.5. The molecule has 1 saturated carbocycles. The molecular formula is C26H28N4O6S. The van der Waals surface area contributed by atoms with Gasteiger partial charge in [0, 0.05) is 24.4 Å². The minimum Gasteiger partial charge on any atom is -0.437 e. The van der Waals surface area contributed by atoms with Crippen LogP contribution in [0.3, 0.4) is 0 Å². The summed E-state index contributed by atoms with van der Waals surface area (Å²) in [5, 5.41) is 5.89. The number of pyridine rings is 2. The zero-order chi connectivity index (χ0) is 26.4. The first-order valence-corrected chi connectivity index (χ1v) is 13.3. The quantitative estimate of drug-likeness (QED) is 0.380. The lowest BCUT2D eigenvalue weighted by molar-refractivity contribution is -0.126. The zero-order valence-electron chi connectivity index (χ0n) is 20.3. The van der Waals surface area contributed by atoms with Crippen molar-refractivity contribution >= 4 is 21.9 Å². The topological polar surface area (TPSA) is 148 Å². The number of hydrogen-bond donors (Lipinski definition) is 3. The summed E-state index contributed by atoms with van der Waals surface area (Å²) < 4.78 is 38.9. The van der Waals surface area contributed by atoms with E-state index in [9.17, 15) is 22.6 Å². The molecule has 0 aliphatic heterocycles. The second-order valence-corrected chi connectivity index (χ2v) is 10.3. The fraction of sp³-hybridized carbons (Fsp3) is 0.308. The Morgan fingerprint density at radius 1 is 1.03 bits per heavy atom. The maximum absolute atomic E-state index is 13.0. The summed E-state index contributed by atoms with van der Waals surface area (Å²) >= 11 is 0. The van der Waals surface area contributed by atoms with Crippen LogP contribution in [0.1, 0.15) is 47.3 Å². The van der Waals surface area contributed by atoms with Gasteiger partial charge in [-0.05, 0) is 74.6 Å². The molecule has 0 bridgehead atoms. The van der Waals surface area contributed by atoms with E-state index >= 15 is 0 Å². The van der Waals surface area contributed by atoms with Crippen molar-refractivity contribution in [3.05, 3.63) is 77.7 Å². The normalized spacial score (nSPS) is 17.6. The molecule has 37 heavy (non-hydrogen) atoms. The summed E-state index contributed by atoms with van der Waals surface area (Å²) in [5.74, 6) is -0.804. The molecular weight excluding hydrogens is 496 g/mol. The van der Waals surface area contributed by atoms with Crippen molar-refractivity contribution in [3.63, 3.8) is 0 Å². The molecule has 3 aromatic rings. The second-order valence-electron chi connectivity index (χ2n) is 8.94. The summed E-state index contributed by atoms with van der Waals surface area (Å²) in [5.41, 5.74) is 1.53. The number of ether oxygens (including phenoxy) is 1. The van der Waals surface area contributed by atoms with E-state index in [0.717, 1.165) is 5.69 Å². The zero-order valence-corrected chi connectivity index (χ0v) is 21.1. The molecule has 1 fully saturated rings. The number of amides is 2. The van der Waals surface area contributed by atoms with Crippen LogP contribution in [-0.4, -0.2) is 40.8 Å². The third-order valence-corrected chi connectivity index (χ3v) is 7.08. The van der Waals surface area contributed by atoms with Crippen LogP contribution in [0.2, 0.25) is 0 Å². The fourth-order valence-corrected chi connectivity index (χ4v) is 4.94. The Hall–Kier alpha value is -3.83. The van der Waals surface area contributed by atoms with Crippen molar-refractivity contribution in [1.82, 2.24) is 20.6 Å². The van der Waals surface area contributed by atoms with Gasteiger partial charge in [0.25, 0.3) is 16.0 Å². The Morgan fingerprint density at radius 3 is 2.49 bits per heavy atom. The lowest BCUT2D eigenvalue weighted by atomic mass is 9.85. The number of carbonyl (C=O) groups is 2. The van der Waals surface area contributed by atoms with Crippen LogP contribution in [0.15, 0.2) is 65.8 Å². The van der Waals surface area contributed by atoms with Crippen molar-refractivity contribution in [2.75, 3.05) is 0 Å². The van der Waals surface area contributed by atoms with Crippen molar-refractivity contribution in [3.8, 4) is 11.6 Å². The van der Waals surface area contributed by atoms with Gasteiger partial charge in [-0.25, -0.2) is 4.98 Å². The van der Waals surface area contributed by atoms with Gasteiger partial charge in [0.2, 0.25) is 11.8 Å². The number of nitrogens with one attached hydrogen (secondary N) is 2. The molecule has 2 amide bonds. The molecule has 0 radical (unpaired) electrons. The van der Waals surface area contributed by atoms with Gasteiger partial charge >= 0.3 is 0 Å². The van der Waals surface area contributed by atoms with E-state index in [4.69, 9.17) is 4.74 Å². The molecule has 2 heterocycles. The van der Waals surface area contributed by atoms with Crippen LogP contribution >= 0.6 is 0 Å². The Morgan fingerprint density at radius 2 is 1.78 bits per heavy atom. The molecule has 11 heteroatoms. The average Bonchev–Trinajstić information content (AvgIpc) is 2.89. The lowest BCUT2D eigenvalue weighted by Gasteiger charge is -2.28. The summed E-state index contributed by atoms with van der Waals surface area (Å²) in [7, 11) is -4.55. The van der Waals surface area contributed by atoms with E-state index in [1.54, 1.807) is 25.3 Å². The summed E-state index contributed by atoms with van der Waals surface area (Å²) in [6, 6.07) is 12.8. The molecule has 0 atom stereocenters. The molecule has 2 aromatic heterocycles. The molecule has 0 saturated heterocycles. The number of carbonyl (C=O) groups excluding carboxylic acids is 2. The molecule has 4 rings (SSSR count). The first-order valence-electron chi connectivity index (χ1n) is 11.9. The number of nitrogens with zero attached hydrogens (tertiary/aromatic N) is 2. The van der Waals surface area contributed by atoms with Crippen molar-refractivity contribution < 1.29 is 27.3 Å². The Bertz CT molecular complexity index is 1370. The van der Waals surface area contributed by atoms with Crippen LogP contribution in [0.4, 0.5) is 0 Å². The highest BCUT2D eigenvalue weighted by Crippen LogP contribution is 2.31. The van der Waals surface area contributed by atoms with Gasteiger partial charge in [-0.15, -0.1) is 0 Å². The summed E-state index contributed by atoms with van der Waals surface area (Å²) in [6.07, 6.45) is 5.64. The smallest absolute Gasteiger partial charge is 0.298 e. The van der Waals surface area contributed by atoms with E-state index in [-0.39, 0.29) is 35.1 Å². The van der Waals surface area contributed by atoms with Gasteiger partial charge in [0.15, 0.2) is 5.75 Å². The summed E-state index contributed by atoms with van der Waals surface area (Å²) in [4.78, 5) is 33.5. The van der Waals surface area contributed by atoms with Gasteiger partial charge in [-0.1, -0.05) is 12.1 Å². The highest BCUT2D eigenvalue weighted by molar-refractivity contribution is 7.86. The monoisotopic (exact) mass is 524 g/mol. The molecule has 3 N–H and O–H groups in total. The van der Waals surface area contributed by atoms with Crippen molar-refractivity contribution in [2.24, 2.45) is 5.92 Å². The molecule has 194 valence electrons. The highest BCUT2D eigenvalue weighted by atomic mass is 32.2. The third-order valence-electron chi connectivity index (χ3n) is 6.20. The van der Waals surface area contributed by atoms with Gasteiger partial charge in [0.1, 0.15) is 10.5 Å². The maximum atomic E-state index is 13.0. The van der Waals surface area contributed by atoms with E-state index in [1.807, 2.05) is 18.2 Å². The molecule has 1 aliphatic carbocycles. The first kappa shape index (κ1) is 26.2. The molecule has 1 aliphatic rings. The van der Waals surface area contributed by atoms with Crippen LogP contribution in [0.5, 0.6) is 11.6 Å². The third kappa shape index (κ3) is 6.89. The number of hydrogen-bond acceptors (Lipinski definition) is 7. The van der Waals surface area contributed by atoms with Gasteiger partial charge in [0.05, 0.1) is 12.2 Å². The van der Waals surface area contributed by atoms with Crippen molar-refractivity contribution in [1.29, 1.82) is 0 Å². The van der Waals surface area contributed by atoms with Crippen LogP contribution in [0.25, 0.3) is 0 Å².